The minimum Gasteiger partial charge on any atom is -0.494 e. The Balaban J connectivity index is 1.65. The van der Waals surface area contributed by atoms with Crippen molar-refractivity contribution in [3.05, 3.63) is 29.8 Å². The predicted octanol–water partition coefficient (Wildman–Crippen LogP) is 4.86. The van der Waals surface area contributed by atoms with Gasteiger partial charge in [-0.25, -0.2) is 9.59 Å². The van der Waals surface area contributed by atoms with Crippen LogP contribution in [-0.4, -0.2) is 66.6 Å². The predicted molar refractivity (Wildman–Crippen MR) is 136 cm³/mol. The number of ether oxygens (including phenoxy) is 4. The summed E-state index contributed by atoms with van der Waals surface area (Å²) >= 11 is 0. The van der Waals surface area contributed by atoms with Crippen molar-refractivity contribution in [2.24, 2.45) is 0 Å². The Morgan fingerprint density at radius 1 is 0.972 bits per heavy atom. The summed E-state index contributed by atoms with van der Waals surface area (Å²) in [5, 5.41) is 2.77. The van der Waals surface area contributed by atoms with E-state index in [9.17, 15) is 14.4 Å². The number of esters is 1. The molecule has 0 aliphatic carbocycles. The molecule has 202 valence electrons. The molecule has 1 atom stereocenters. The second kappa shape index (κ2) is 13.4. The van der Waals surface area contributed by atoms with Gasteiger partial charge in [-0.2, -0.15) is 0 Å². The first-order valence-electron chi connectivity index (χ1n) is 12.7. The van der Waals surface area contributed by atoms with E-state index in [-0.39, 0.29) is 25.3 Å². The zero-order valence-corrected chi connectivity index (χ0v) is 22.6. The molecular formula is C27H42N2O7. The van der Waals surface area contributed by atoms with Crippen LogP contribution in [0.3, 0.4) is 0 Å². The van der Waals surface area contributed by atoms with Gasteiger partial charge in [-0.1, -0.05) is 25.0 Å². The summed E-state index contributed by atoms with van der Waals surface area (Å²) < 4.78 is 21.5. The lowest BCUT2D eigenvalue weighted by molar-refractivity contribution is -0.155. The number of nitrogens with zero attached hydrogens (tertiary/aromatic N) is 1. The lowest BCUT2D eigenvalue weighted by atomic mass is 10.1. The van der Waals surface area contributed by atoms with Gasteiger partial charge in [0, 0.05) is 6.54 Å². The van der Waals surface area contributed by atoms with E-state index in [4.69, 9.17) is 18.9 Å². The molecule has 1 heterocycles. The third-order valence-electron chi connectivity index (χ3n) is 5.20. The van der Waals surface area contributed by atoms with Gasteiger partial charge in [-0.05, 0) is 78.5 Å². The number of carbonyl (C=O) groups is 3. The van der Waals surface area contributed by atoms with E-state index in [0.29, 0.717) is 19.6 Å². The number of benzene rings is 1. The van der Waals surface area contributed by atoms with Gasteiger partial charge in [0.2, 0.25) is 0 Å². The molecule has 1 aromatic rings. The van der Waals surface area contributed by atoms with Gasteiger partial charge in [-0.15, -0.1) is 0 Å². The molecular weight excluding hydrogens is 464 g/mol. The number of hydrogen-bond acceptors (Lipinski definition) is 7. The van der Waals surface area contributed by atoms with Crippen LogP contribution in [0.2, 0.25) is 0 Å². The van der Waals surface area contributed by atoms with Crippen molar-refractivity contribution in [1.29, 1.82) is 0 Å². The third kappa shape index (κ3) is 11.6. The number of rotatable bonds is 12. The first-order valence-corrected chi connectivity index (χ1v) is 12.7. The first-order chi connectivity index (χ1) is 16.8. The molecule has 9 heteroatoms. The highest BCUT2D eigenvalue weighted by Gasteiger charge is 2.35. The van der Waals surface area contributed by atoms with Crippen LogP contribution in [-0.2, 0) is 25.4 Å². The number of hydrogen-bond donors (Lipinski definition) is 1. The Kier molecular flexibility index (Phi) is 10.9. The van der Waals surface area contributed by atoms with Crippen molar-refractivity contribution >= 4 is 18.2 Å². The van der Waals surface area contributed by atoms with Crippen LogP contribution in [0.4, 0.5) is 9.59 Å². The quantitative estimate of drug-likeness (QED) is 0.245. The van der Waals surface area contributed by atoms with Gasteiger partial charge >= 0.3 is 18.2 Å². The number of unbranched alkanes of at least 4 members (excludes halogenated alkanes) is 3. The molecule has 1 fully saturated rings. The maximum Gasteiger partial charge on any atom is 0.410 e. The molecule has 1 aliphatic rings. The Morgan fingerprint density at radius 3 is 2.25 bits per heavy atom. The molecule has 1 N–H and O–H groups in total. The van der Waals surface area contributed by atoms with Crippen molar-refractivity contribution < 1.29 is 33.3 Å². The molecule has 2 amide bonds. The molecule has 1 aliphatic heterocycles. The van der Waals surface area contributed by atoms with E-state index >= 15 is 0 Å². The topological polar surface area (TPSA) is 103 Å². The summed E-state index contributed by atoms with van der Waals surface area (Å²) in [4.78, 5) is 37.3. The highest BCUT2D eigenvalue weighted by Crippen LogP contribution is 2.20. The lowest BCUT2D eigenvalue weighted by Crippen LogP contribution is -2.41. The molecule has 36 heavy (non-hydrogen) atoms. The fourth-order valence-corrected chi connectivity index (χ4v) is 3.63. The molecule has 2 rings (SSSR count). The van der Waals surface area contributed by atoms with Crippen LogP contribution in [0, 0.1) is 0 Å². The number of nitrogens with one attached hydrogen (secondary N) is 1. The largest absolute Gasteiger partial charge is 0.494 e. The van der Waals surface area contributed by atoms with E-state index in [2.05, 4.69) is 5.32 Å². The number of cyclic esters (lactones) is 1. The number of amides is 2. The Hall–Kier alpha value is -2.97. The van der Waals surface area contributed by atoms with Crippen LogP contribution in [0.1, 0.15) is 72.8 Å². The minimum absolute atomic E-state index is 0.126. The zero-order chi connectivity index (χ0) is 26.8. The second-order valence-corrected chi connectivity index (χ2v) is 11.0. The zero-order valence-electron chi connectivity index (χ0n) is 22.6. The highest BCUT2D eigenvalue weighted by molar-refractivity contribution is 5.79. The number of alkyl carbamates (subject to hydrolysis) is 1. The standard InChI is InChI=1S/C27H42N2O7/c1-26(2,3)35-23(30)18-29-21(19-34-25(29)32)17-20-11-13-22(14-12-20)33-16-10-8-7-9-15-28-24(31)36-27(4,5)6/h11-14,21H,7-10,15-19H2,1-6H3,(H,28,31)/t21-/m0/s1. The molecule has 0 unspecified atom stereocenters. The van der Waals surface area contributed by atoms with E-state index in [0.717, 1.165) is 37.0 Å². The smallest absolute Gasteiger partial charge is 0.410 e. The summed E-state index contributed by atoms with van der Waals surface area (Å²) in [5.41, 5.74) is -0.0613. The normalized spacial score (nSPS) is 15.9. The second-order valence-electron chi connectivity index (χ2n) is 11.0. The Bertz CT molecular complexity index is 856. The summed E-state index contributed by atoms with van der Waals surface area (Å²) in [6, 6.07) is 7.53. The van der Waals surface area contributed by atoms with Crippen LogP contribution in [0.15, 0.2) is 24.3 Å². The highest BCUT2D eigenvalue weighted by atomic mass is 16.6. The number of carbonyl (C=O) groups excluding carboxylic acids is 3. The molecule has 0 radical (unpaired) electrons. The maximum absolute atomic E-state index is 12.2. The Morgan fingerprint density at radius 2 is 1.61 bits per heavy atom. The molecule has 0 saturated carbocycles. The van der Waals surface area contributed by atoms with E-state index in [1.807, 2.05) is 45.0 Å². The summed E-state index contributed by atoms with van der Waals surface area (Å²) in [6.07, 6.45) is 3.54. The van der Waals surface area contributed by atoms with Gasteiger partial charge < -0.3 is 24.3 Å². The Labute approximate surface area is 214 Å². The monoisotopic (exact) mass is 506 g/mol. The molecule has 0 bridgehead atoms. The van der Waals surface area contributed by atoms with Crippen LogP contribution < -0.4 is 10.1 Å². The van der Waals surface area contributed by atoms with Crippen molar-refractivity contribution in [2.75, 3.05) is 26.3 Å². The fraction of sp³-hybridized carbons (Fsp3) is 0.667. The molecule has 9 nitrogen and oxygen atoms in total. The van der Waals surface area contributed by atoms with Gasteiger partial charge in [0.25, 0.3) is 0 Å². The average Bonchev–Trinajstić information content (AvgIpc) is 3.07. The van der Waals surface area contributed by atoms with Crippen LogP contribution >= 0.6 is 0 Å². The minimum atomic E-state index is -0.606. The van der Waals surface area contributed by atoms with E-state index in [1.54, 1.807) is 20.8 Å². The van der Waals surface area contributed by atoms with Crippen LogP contribution in [0.5, 0.6) is 5.75 Å². The first kappa shape index (κ1) is 29.3. The average molecular weight is 507 g/mol. The third-order valence-corrected chi connectivity index (χ3v) is 5.20. The lowest BCUT2D eigenvalue weighted by Gasteiger charge is -2.24. The molecule has 0 spiro atoms. The van der Waals surface area contributed by atoms with E-state index in [1.165, 1.54) is 4.90 Å². The van der Waals surface area contributed by atoms with Crippen molar-refractivity contribution in [1.82, 2.24) is 10.2 Å². The SMILES string of the molecule is CC(C)(C)OC(=O)CN1C(=O)OC[C@@H]1Cc1ccc(OCCCCCCNC(=O)OC(C)(C)C)cc1. The van der Waals surface area contributed by atoms with Gasteiger partial charge in [0.1, 0.15) is 30.1 Å². The van der Waals surface area contributed by atoms with Gasteiger partial charge in [0.05, 0.1) is 12.6 Å². The summed E-state index contributed by atoms with van der Waals surface area (Å²) in [7, 11) is 0. The maximum atomic E-state index is 12.2. The van der Waals surface area contributed by atoms with Crippen molar-refractivity contribution in [3.63, 3.8) is 0 Å². The van der Waals surface area contributed by atoms with Gasteiger partial charge in [0.15, 0.2) is 0 Å². The van der Waals surface area contributed by atoms with E-state index < -0.39 is 23.3 Å². The van der Waals surface area contributed by atoms with Crippen molar-refractivity contribution in [3.8, 4) is 5.75 Å². The van der Waals surface area contributed by atoms with Crippen LogP contribution in [0.25, 0.3) is 0 Å². The molecule has 1 saturated heterocycles. The summed E-state index contributed by atoms with van der Waals surface area (Å²) in [5.74, 6) is 0.337. The fourth-order valence-electron chi connectivity index (χ4n) is 3.63. The summed E-state index contributed by atoms with van der Waals surface area (Å²) in [6.45, 7) is 12.2. The molecule has 1 aromatic carbocycles. The van der Waals surface area contributed by atoms with Crippen molar-refractivity contribution in [2.45, 2.75) is 90.9 Å². The van der Waals surface area contributed by atoms with Gasteiger partial charge in [-0.3, -0.25) is 9.69 Å². The molecule has 0 aromatic heterocycles.